The monoisotopic (exact) mass is 265 g/mol. The first-order valence-corrected chi connectivity index (χ1v) is 7.27. The SMILES string of the molecule is O=C1CCCCc2ccccc2N1Cc1ccccc1. The van der Waals surface area contributed by atoms with Gasteiger partial charge < -0.3 is 4.90 Å². The molecular formula is C18H19NO. The molecule has 20 heavy (non-hydrogen) atoms. The Balaban J connectivity index is 1.96. The van der Waals surface area contributed by atoms with Crippen molar-refractivity contribution < 1.29 is 4.79 Å². The summed E-state index contributed by atoms with van der Waals surface area (Å²) in [5, 5.41) is 0. The standard InChI is InChI=1S/C18H19NO/c20-18-13-7-5-11-16-10-4-6-12-17(16)19(18)14-15-8-2-1-3-9-15/h1-4,6,8-10,12H,5,7,11,13-14H2. The summed E-state index contributed by atoms with van der Waals surface area (Å²) >= 11 is 0. The highest BCUT2D eigenvalue weighted by Gasteiger charge is 2.20. The lowest BCUT2D eigenvalue weighted by molar-refractivity contribution is -0.118. The molecule has 2 nitrogen and oxygen atoms in total. The maximum absolute atomic E-state index is 12.5. The quantitative estimate of drug-likeness (QED) is 0.805. The summed E-state index contributed by atoms with van der Waals surface area (Å²) < 4.78 is 0. The molecule has 3 rings (SSSR count). The number of hydrogen-bond donors (Lipinski definition) is 0. The van der Waals surface area contributed by atoms with E-state index in [0.29, 0.717) is 13.0 Å². The number of benzene rings is 2. The number of carbonyl (C=O) groups is 1. The van der Waals surface area contributed by atoms with Gasteiger partial charge in [0.15, 0.2) is 0 Å². The second-order valence-corrected chi connectivity index (χ2v) is 5.30. The first-order chi connectivity index (χ1) is 9.84. The highest BCUT2D eigenvalue weighted by Crippen LogP contribution is 2.27. The van der Waals surface area contributed by atoms with Gasteiger partial charge in [-0.15, -0.1) is 0 Å². The highest BCUT2D eigenvalue weighted by molar-refractivity contribution is 5.94. The van der Waals surface area contributed by atoms with Crippen LogP contribution in [0, 0.1) is 0 Å². The molecule has 1 aliphatic heterocycles. The van der Waals surface area contributed by atoms with Crippen LogP contribution in [0.4, 0.5) is 5.69 Å². The normalized spacial score (nSPS) is 15.4. The first kappa shape index (κ1) is 12.9. The van der Waals surface area contributed by atoms with E-state index in [1.165, 1.54) is 11.1 Å². The van der Waals surface area contributed by atoms with Gasteiger partial charge in [0.25, 0.3) is 0 Å². The van der Waals surface area contributed by atoms with E-state index in [0.717, 1.165) is 24.9 Å². The Kier molecular flexibility index (Phi) is 3.82. The third kappa shape index (κ3) is 2.74. The minimum Gasteiger partial charge on any atom is -0.308 e. The van der Waals surface area contributed by atoms with Gasteiger partial charge in [0.05, 0.1) is 6.54 Å². The minimum absolute atomic E-state index is 0.237. The van der Waals surface area contributed by atoms with Crippen molar-refractivity contribution in [2.75, 3.05) is 4.90 Å². The van der Waals surface area contributed by atoms with Crippen molar-refractivity contribution in [3.63, 3.8) is 0 Å². The van der Waals surface area contributed by atoms with E-state index in [1.807, 2.05) is 29.2 Å². The average Bonchev–Trinajstić information content (AvgIpc) is 2.49. The molecule has 0 bridgehead atoms. The van der Waals surface area contributed by atoms with Crippen molar-refractivity contribution in [2.24, 2.45) is 0 Å². The van der Waals surface area contributed by atoms with E-state index in [9.17, 15) is 4.79 Å². The fourth-order valence-corrected chi connectivity index (χ4v) is 2.79. The van der Waals surface area contributed by atoms with Crippen molar-refractivity contribution in [1.29, 1.82) is 0 Å². The second kappa shape index (κ2) is 5.91. The summed E-state index contributed by atoms with van der Waals surface area (Å²) in [6.45, 7) is 0.663. The molecule has 0 aliphatic carbocycles. The molecule has 0 fully saturated rings. The molecule has 102 valence electrons. The Bertz CT molecular complexity index is 591. The molecule has 0 aromatic heterocycles. The smallest absolute Gasteiger partial charge is 0.227 e. The molecule has 0 saturated heterocycles. The molecule has 2 aromatic rings. The van der Waals surface area contributed by atoms with Gasteiger partial charge in [0.1, 0.15) is 0 Å². The summed E-state index contributed by atoms with van der Waals surface area (Å²) in [5.41, 5.74) is 3.55. The summed E-state index contributed by atoms with van der Waals surface area (Å²) in [6, 6.07) is 18.5. The van der Waals surface area contributed by atoms with Crippen molar-refractivity contribution >= 4 is 11.6 Å². The molecule has 0 N–H and O–H groups in total. The number of anilines is 1. The number of para-hydroxylation sites is 1. The Morgan fingerprint density at radius 1 is 0.850 bits per heavy atom. The van der Waals surface area contributed by atoms with E-state index in [4.69, 9.17) is 0 Å². The molecule has 1 amide bonds. The molecule has 2 aromatic carbocycles. The number of nitrogens with zero attached hydrogens (tertiary/aromatic N) is 1. The highest BCUT2D eigenvalue weighted by atomic mass is 16.2. The van der Waals surface area contributed by atoms with Gasteiger partial charge >= 0.3 is 0 Å². The van der Waals surface area contributed by atoms with E-state index < -0.39 is 0 Å². The van der Waals surface area contributed by atoms with Crippen LogP contribution < -0.4 is 4.90 Å². The summed E-state index contributed by atoms with van der Waals surface area (Å²) in [4.78, 5) is 14.4. The van der Waals surface area contributed by atoms with Gasteiger partial charge in [-0.3, -0.25) is 4.79 Å². The zero-order chi connectivity index (χ0) is 13.8. The van der Waals surface area contributed by atoms with E-state index >= 15 is 0 Å². The zero-order valence-electron chi connectivity index (χ0n) is 11.6. The Morgan fingerprint density at radius 2 is 1.55 bits per heavy atom. The lowest BCUT2D eigenvalue weighted by Gasteiger charge is -2.27. The number of carbonyl (C=O) groups excluding carboxylic acids is 1. The fraction of sp³-hybridized carbons (Fsp3) is 0.278. The van der Waals surface area contributed by atoms with Crippen molar-refractivity contribution in [1.82, 2.24) is 0 Å². The molecule has 0 unspecified atom stereocenters. The second-order valence-electron chi connectivity index (χ2n) is 5.30. The number of amides is 1. The van der Waals surface area contributed by atoms with Crippen LogP contribution in [-0.2, 0) is 17.8 Å². The lowest BCUT2D eigenvalue weighted by atomic mass is 10.0. The molecule has 0 radical (unpaired) electrons. The van der Waals surface area contributed by atoms with Crippen LogP contribution >= 0.6 is 0 Å². The Labute approximate surface area is 120 Å². The van der Waals surface area contributed by atoms with Crippen LogP contribution in [0.2, 0.25) is 0 Å². The fourth-order valence-electron chi connectivity index (χ4n) is 2.79. The average molecular weight is 265 g/mol. The maximum atomic E-state index is 12.5. The third-order valence-corrected chi connectivity index (χ3v) is 3.85. The predicted molar refractivity (Wildman–Crippen MR) is 81.6 cm³/mol. The maximum Gasteiger partial charge on any atom is 0.227 e. The van der Waals surface area contributed by atoms with Crippen LogP contribution in [-0.4, -0.2) is 5.91 Å². The molecule has 0 saturated carbocycles. The first-order valence-electron chi connectivity index (χ1n) is 7.27. The molecule has 0 spiro atoms. The Hall–Kier alpha value is -2.09. The van der Waals surface area contributed by atoms with Crippen molar-refractivity contribution in [3.05, 3.63) is 65.7 Å². The molecule has 2 heteroatoms. The van der Waals surface area contributed by atoms with Crippen molar-refractivity contribution in [2.45, 2.75) is 32.2 Å². The van der Waals surface area contributed by atoms with Gasteiger partial charge in [0, 0.05) is 12.1 Å². The van der Waals surface area contributed by atoms with Crippen LogP contribution in [0.5, 0.6) is 0 Å². The minimum atomic E-state index is 0.237. The molecule has 0 atom stereocenters. The third-order valence-electron chi connectivity index (χ3n) is 3.85. The van der Waals surface area contributed by atoms with Crippen molar-refractivity contribution in [3.8, 4) is 0 Å². The topological polar surface area (TPSA) is 20.3 Å². The van der Waals surface area contributed by atoms with Crippen LogP contribution in [0.3, 0.4) is 0 Å². The Morgan fingerprint density at radius 3 is 2.40 bits per heavy atom. The van der Waals surface area contributed by atoms with E-state index in [-0.39, 0.29) is 5.91 Å². The predicted octanol–water partition coefficient (Wildman–Crippen LogP) is 3.95. The number of rotatable bonds is 2. The van der Waals surface area contributed by atoms with E-state index in [2.05, 4.69) is 30.3 Å². The zero-order valence-corrected chi connectivity index (χ0v) is 11.6. The molecule has 1 aliphatic rings. The molecular weight excluding hydrogens is 246 g/mol. The summed E-state index contributed by atoms with van der Waals surface area (Å²) in [7, 11) is 0. The van der Waals surface area contributed by atoms with Gasteiger partial charge in [-0.05, 0) is 36.5 Å². The summed E-state index contributed by atoms with van der Waals surface area (Å²) in [6.07, 6.45) is 3.80. The van der Waals surface area contributed by atoms with Crippen LogP contribution in [0.1, 0.15) is 30.4 Å². The van der Waals surface area contributed by atoms with Gasteiger partial charge in [-0.1, -0.05) is 48.5 Å². The lowest BCUT2D eigenvalue weighted by Crippen LogP contribution is -2.32. The van der Waals surface area contributed by atoms with Crippen LogP contribution in [0.15, 0.2) is 54.6 Å². The van der Waals surface area contributed by atoms with Gasteiger partial charge in [-0.2, -0.15) is 0 Å². The number of hydrogen-bond acceptors (Lipinski definition) is 1. The van der Waals surface area contributed by atoms with Gasteiger partial charge in [-0.25, -0.2) is 0 Å². The molecule has 1 heterocycles. The number of aryl methyl sites for hydroxylation is 1. The van der Waals surface area contributed by atoms with E-state index in [1.54, 1.807) is 0 Å². The van der Waals surface area contributed by atoms with Crippen LogP contribution in [0.25, 0.3) is 0 Å². The summed E-state index contributed by atoms with van der Waals surface area (Å²) in [5.74, 6) is 0.237. The largest absolute Gasteiger partial charge is 0.308 e. The van der Waals surface area contributed by atoms with Gasteiger partial charge in [0.2, 0.25) is 5.91 Å². The number of fused-ring (bicyclic) bond motifs is 1.